The van der Waals surface area contributed by atoms with E-state index in [2.05, 4.69) is 72.5 Å². The molecule has 2 aromatic carbocycles. The first kappa shape index (κ1) is 16.8. The second-order valence-electron chi connectivity index (χ2n) is 8.04. The quantitative estimate of drug-likeness (QED) is 0.607. The molecule has 25 heavy (non-hydrogen) atoms. The lowest BCUT2D eigenvalue weighted by molar-refractivity contribution is 0.0707. The fraction of sp³-hybridized carbons (Fsp3) is 0.500. The highest BCUT2D eigenvalue weighted by molar-refractivity contribution is 5.33. The summed E-state index contributed by atoms with van der Waals surface area (Å²) in [6.07, 6.45) is 9.79. The molecule has 0 amide bonds. The Balaban J connectivity index is 1.63. The molecule has 2 fully saturated rings. The lowest BCUT2D eigenvalue weighted by Gasteiger charge is -2.44. The van der Waals surface area contributed by atoms with E-state index in [-0.39, 0.29) is 0 Å². The Hall–Kier alpha value is -1.60. The van der Waals surface area contributed by atoms with Gasteiger partial charge < -0.3 is 0 Å². The number of fused-ring (bicyclic) bond motifs is 2. The Labute approximate surface area is 153 Å². The van der Waals surface area contributed by atoms with E-state index in [0.29, 0.717) is 6.04 Å². The molecule has 0 aliphatic carbocycles. The van der Waals surface area contributed by atoms with Crippen LogP contribution < -0.4 is 0 Å². The Morgan fingerprint density at radius 3 is 1.84 bits per heavy atom. The first-order valence-electron chi connectivity index (χ1n) is 10.2. The van der Waals surface area contributed by atoms with Gasteiger partial charge in [-0.3, -0.25) is 4.90 Å². The molecule has 2 aliphatic rings. The minimum absolute atomic E-state index is 0.423. The molecular formula is C24H31N. The third-order valence-corrected chi connectivity index (χ3v) is 6.38. The molecule has 0 N–H and O–H groups in total. The van der Waals surface area contributed by atoms with Crippen LogP contribution in [0.2, 0.25) is 0 Å². The van der Waals surface area contributed by atoms with Crippen molar-refractivity contribution in [3.63, 3.8) is 0 Å². The van der Waals surface area contributed by atoms with Gasteiger partial charge in [-0.2, -0.15) is 0 Å². The van der Waals surface area contributed by atoms with Crippen molar-refractivity contribution in [1.82, 2.24) is 4.90 Å². The first-order valence-corrected chi connectivity index (χ1v) is 10.2. The molecule has 0 aromatic heterocycles. The summed E-state index contributed by atoms with van der Waals surface area (Å²) in [6.45, 7) is 2.32. The predicted octanol–water partition coefficient (Wildman–Crippen LogP) is 6.21. The normalized spacial score (nSPS) is 26.2. The molecule has 1 heteroatoms. The van der Waals surface area contributed by atoms with Crippen molar-refractivity contribution in [2.45, 2.75) is 70.0 Å². The molecule has 1 nitrogen and oxygen atoms in total. The van der Waals surface area contributed by atoms with Gasteiger partial charge in [0.05, 0.1) is 6.04 Å². The third-order valence-electron chi connectivity index (χ3n) is 6.38. The van der Waals surface area contributed by atoms with Gasteiger partial charge >= 0.3 is 0 Å². The van der Waals surface area contributed by atoms with E-state index in [1.807, 2.05) is 0 Å². The number of piperidine rings is 1. The zero-order chi connectivity index (χ0) is 17.1. The van der Waals surface area contributed by atoms with Crippen molar-refractivity contribution in [2.24, 2.45) is 5.92 Å². The highest BCUT2D eigenvalue weighted by Gasteiger charge is 2.44. The van der Waals surface area contributed by atoms with Gasteiger partial charge in [-0.1, -0.05) is 86.8 Å². The van der Waals surface area contributed by atoms with Crippen LogP contribution in [0.15, 0.2) is 60.7 Å². The Bertz CT molecular complexity index is 597. The van der Waals surface area contributed by atoms with Crippen LogP contribution in [0.25, 0.3) is 0 Å². The molecule has 2 atom stereocenters. The summed E-state index contributed by atoms with van der Waals surface area (Å²) in [4.78, 5) is 2.88. The summed E-state index contributed by atoms with van der Waals surface area (Å²) in [5.41, 5.74) is 2.91. The van der Waals surface area contributed by atoms with Crippen LogP contribution in [-0.2, 0) is 0 Å². The van der Waals surface area contributed by atoms with Crippen LogP contribution in [0.3, 0.4) is 0 Å². The van der Waals surface area contributed by atoms with E-state index in [0.717, 1.165) is 18.0 Å². The molecule has 0 saturated carbocycles. The fourth-order valence-corrected chi connectivity index (χ4v) is 5.28. The van der Waals surface area contributed by atoms with Crippen LogP contribution in [-0.4, -0.2) is 17.0 Å². The van der Waals surface area contributed by atoms with Gasteiger partial charge in [-0.15, -0.1) is 0 Å². The monoisotopic (exact) mass is 333 g/mol. The highest BCUT2D eigenvalue weighted by atomic mass is 15.2. The van der Waals surface area contributed by atoms with Crippen molar-refractivity contribution in [3.05, 3.63) is 71.8 Å². The summed E-state index contributed by atoms with van der Waals surface area (Å²) in [5.74, 6) is 0.959. The van der Waals surface area contributed by atoms with Crippen molar-refractivity contribution < 1.29 is 0 Å². The summed E-state index contributed by atoms with van der Waals surface area (Å²) in [7, 11) is 0. The number of hydrogen-bond acceptors (Lipinski definition) is 1. The first-order chi connectivity index (χ1) is 12.4. The van der Waals surface area contributed by atoms with E-state index >= 15 is 0 Å². The molecule has 2 heterocycles. The van der Waals surface area contributed by atoms with E-state index in [1.165, 1.54) is 56.1 Å². The predicted molar refractivity (Wildman–Crippen MR) is 106 cm³/mol. The fourth-order valence-electron chi connectivity index (χ4n) is 5.28. The van der Waals surface area contributed by atoms with Gasteiger partial charge in [-0.05, 0) is 42.7 Å². The average Bonchev–Trinajstić information content (AvgIpc) is 2.91. The summed E-state index contributed by atoms with van der Waals surface area (Å²) >= 11 is 0. The number of nitrogens with zero attached hydrogens (tertiary/aromatic N) is 1. The molecule has 2 aromatic rings. The van der Waals surface area contributed by atoms with Crippen molar-refractivity contribution in [3.8, 4) is 0 Å². The second kappa shape index (κ2) is 7.74. The molecule has 0 spiro atoms. The van der Waals surface area contributed by atoms with Crippen molar-refractivity contribution >= 4 is 0 Å². The van der Waals surface area contributed by atoms with Gasteiger partial charge in [0.15, 0.2) is 0 Å². The molecule has 132 valence electrons. The van der Waals surface area contributed by atoms with E-state index in [9.17, 15) is 0 Å². The Morgan fingerprint density at radius 1 is 0.840 bits per heavy atom. The molecule has 2 bridgehead atoms. The number of hydrogen-bond donors (Lipinski definition) is 0. The largest absolute Gasteiger partial charge is 0.286 e. The maximum Gasteiger partial charge on any atom is 0.0606 e. The van der Waals surface area contributed by atoms with Gasteiger partial charge in [0.2, 0.25) is 0 Å². The molecule has 4 rings (SSSR count). The molecule has 0 radical (unpaired) electrons. The summed E-state index contributed by atoms with van der Waals surface area (Å²) in [5, 5.41) is 0. The van der Waals surface area contributed by atoms with E-state index in [4.69, 9.17) is 0 Å². The maximum atomic E-state index is 2.88. The molecule has 2 aliphatic heterocycles. The lowest BCUT2D eigenvalue weighted by atomic mass is 9.84. The Kier molecular flexibility index (Phi) is 5.22. The minimum atomic E-state index is 0.423. The van der Waals surface area contributed by atoms with E-state index in [1.54, 1.807) is 0 Å². The second-order valence-corrected chi connectivity index (χ2v) is 8.04. The number of unbranched alkanes of at least 4 members (excludes halogenated alkanes) is 1. The lowest BCUT2D eigenvalue weighted by Crippen LogP contribution is -2.45. The van der Waals surface area contributed by atoms with Gasteiger partial charge in [0, 0.05) is 12.1 Å². The topological polar surface area (TPSA) is 3.24 Å². The zero-order valence-electron chi connectivity index (χ0n) is 15.5. The van der Waals surface area contributed by atoms with Crippen LogP contribution in [0.4, 0.5) is 0 Å². The van der Waals surface area contributed by atoms with Crippen molar-refractivity contribution in [1.29, 1.82) is 0 Å². The summed E-state index contributed by atoms with van der Waals surface area (Å²) in [6, 6.07) is 24.3. The molecular weight excluding hydrogens is 302 g/mol. The zero-order valence-corrected chi connectivity index (χ0v) is 15.5. The summed E-state index contributed by atoms with van der Waals surface area (Å²) < 4.78 is 0. The smallest absolute Gasteiger partial charge is 0.0606 e. The molecule has 2 saturated heterocycles. The van der Waals surface area contributed by atoms with Crippen LogP contribution in [0.1, 0.15) is 69.0 Å². The number of benzene rings is 2. The highest BCUT2D eigenvalue weighted by Crippen LogP contribution is 2.46. The van der Waals surface area contributed by atoms with Crippen LogP contribution in [0, 0.1) is 5.92 Å². The average molecular weight is 334 g/mol. The van der Waals surface area contributed by atoms with Gasteiger partial charge in [-0.25, -0.2) is 0 Å². The number of rotatable bonds is 6. The standard InChI is InChI=1S/C24H31N/c1-2-3-10-19-17-22-15-16-23(18-19)25(22)24(20-11-6-4-7-12-20)21-13-8-5-9-14-21/h4-9,11-14,19,22-24H,2-3,10,15-18H2,1H3. The van der Waals surface area contributed by atoms with E-state index < -0.39 is 0 Å². The third kappa shape index (κ3) is 3.53. The molecule has 2 unspecified atom stereocenters. The SMILES string of the molecule is CCCCC1CC2CCC(C1)N2C(c1ccccc1)c1ccccc1. The van der Waals surface area contributed by atoms with Gasteiger partial charge in [0.1, 0.15) is 0 Å². The van der Waals surface area contributed by atoms with Gasteiger partial charge in [0.25, 0.3) is 0 Å². The maximum absolute atomic E-state index is 2.88. The minimum Gasteiger partial charge on any atom is -0.286 e. The Morgan fingerprint density at radius 2 is 1.36 bits per heavy atom. The van der Waals surface area contributed by atoms with Crippen molar-refractivity contribution in [2.75, 3.05) is 0 Å². The van der Waals surface area contributed by atoms with Crippen LogP contribution >= 0.6 is 0 Å². The van der Waals surface area contributed by atoms with Crippen LogP contribution in [0.5, 0.6) is 0 Å².